The van der Waals surface area contributed by atoms with Crippen molar-refractivity contribution in [3.05, 3.63) is 59.7 Å². The van der Waals surface area contributed by atoms with Gasteiger partial charge in [0.15, 0.2) is 0 Å². The summed E-state index contributed by atoms with van der Waals surface area (Å²) in [4.78, 5) is 0. The summed E-state index contributed by atoms with van der Waals surface area (Å²) in [6.07, 6.45) is -2.31. The van der Waals surface area contributed by atoms with Crippen LogP contribution in [0.15, 0.2) is 48.5 Å². The molecular formula is C20H23F3N2O2. The Morgan fingerprint density at radius 2 is 1.89 bits per heavy atom. The first-order valence-corrected chi connectivity index (χ1v) is 8.86. The number of nitrogens with two attached hydrogens (primary N) is 1. The number of hydrogen-bond acceptors (Lipinski definition) is 4. The Kier molecular flexibility index (Phi) is 5.92. The summed E-state index contributed by atoms with van der Waals surface area (Å²) in [5.74, 6) is 6.73. The van der Waals surface area contributed by atoms with Crippen molar-refractivity contribution in [2.75, 3.05) is 13.7 Å². The lowest BCUT2D eigenvalue weighted by molar-refractivity contribution is -0.274. The molecule has 0 radical (unpaired) electrons. The summed E-state index contributed by atoms with van der Waals surface area (Å²) in [7, 11) is 1.51. The van der Waals surface area contributed by atoms with Gasteiger partial charge in [-0.15, -0.1) is 13.2 Å². The molecule has 4 nitrogen and oxygen atoms in total. The molecule has 7 heteroatoms. The first-order chi connectivity index (χ1) is 12.9. The van der Waals surface area contributed by atoms with Gasteiger partial charge in [-0.1, -0.05) is 30.3 Å². The van der Waals surface area contributed by atoms with Gasteiger partial charge in [0.2, 0.25) is 0 Å². The molecule has 2 aromatic rings. The molecule has 1 aliphatic rings. The van der Waals surface area contributed by atoms with Crippen molar-refractivity contribution in [3.63, 3.8) is 0 Å². The number of hydrazine groups is 1. The zero-order chi connectivity index (χ0) is 19.4. The van der Waals surface area contributed by atoms with E-state index in [1.165, 1.54) is 25.3 Å². The molecule has 1 aliphatic heterocycles. The molecule has 0 aliphatic carbocycles. The third kappa shape index (κ3) is 4.93. The Labute approximate surface area is 156 Å². The minimum Gasteiger partial charge on any atom is -0.496 e. The molecule has 2 N–H and O–H groups in total. The van der Waals surface area contributed by atoms with E-state index in [4.69, 9.17) is 10.6 Å². The van der Waals surface area contributed by atoms with Crippen LogP contribution >= 0.6 is 0 Å². The van der Waals surface area contributed by atoms with E-state index >= 15 is 0 Å². The SMILES string of the molecule is COc1ccc(OC(F)(F)F)cc1C[C@@H]1CCCN(N)C1c1ccccc1. The predicted molar refractivity (Wildman–Crippen MR) is 96.2 cm³/mol. The molecule has 1 fully saturated rings. The van der Waals surface area contributed by atoms with Crippen LogP contribution in [-0.4, -0.2) is 25.0 Å². The number of benzene rings is 2. The van der Waals surface area contributed by atoms with Crippen molar-refractivity contribution in [1.82, 2.24) is 5.01 Å². The van der Waals surface area contributed by atoms with Gasteiger partial charge < -0.3 is 9.47 Å². The molecule has 0 spiro atoms. The molecule has 146 valence electrons. The van der Waals surface area contributed by atoms with E-state index in [0.29, 0.717) is 17.7 Å². The van der Waals surface area contributed by atoms with Crippen LogP contribution in [0.5, 0.6) is 11.5 Å². The third-order valence-corrected chi connectivity index (χ3v) is 4.90. The Morgan fingerprint density at radius 3 is 2.56 bits per heavy atom. The second kappa shape index (κ2) is 8.19. The lowest BCUT2D eigenvalue weighted by Crippen LogP contribution is -2.44. The van der Waals surface area contributed by atoms with Crippen LogP contribution in [0, 0.1) is 5.92 Å². The van der Waals surface area contributed by atoms with Crippen LogP contribution in [0.3, 0.4) is 0 Å². The maximum Gasteiger partial charge on any atom is 0.573 e. The molecule has 0 bridgehead atoms. The van der Waals surface area contributed by atoms with E-state index in [1.54, 1.807) is 0 Å². The van der Waals surface area contributed by atoms with Gasteiger partial charge in [0.1, 0.15) is 11.5 Å². The summed E-state index contributed by atoms with van der Waals surface area (Å²) in [5, 5.41) is 1.83. The van der Waals surface area contributed by atoms with E-state index in [-0.39, 0.29) is 17.7 Å². The van der Waals surface area contributed by atoms with Gasteiger partial charge in [-0.3, -0.25) is 5.84 Å². The average Bonchev–Trinajstić information content (AvgIpc) is 2.61. The summed E-state index contributed by atoms with van der Waals surface area (Å²) >= 11 is 0. The van der Waals surface area contributed by atoms with Crippen molar-refractivity contribution in [2.24, 2.45) is 11.8 Å². The Hall–Kier alpha value is -2.25. The number of nitrogens with zero attached hydrogens (tertiary/aromatic N) is 1. The highest BCUT2D eigenvalue weighted by molar-refractivity contribution is 5.41. The number of methoxy groups -OCH3 is 1. The smallest absolute Gasteiger partial charge is 0.496 e. The monoisotopic (exact) mass is 380 g/mol. The first kappa shape index (κ1) is 19.5. The third-order valence-electron chi connectivity index (χ3n) is 4.90. The van der Waals surface area contributed by atoms with Crippen LogP contribution < -0.4 is 15.3 Å². The van der Waals surface area contributed by atoms with E-state index < -0.39 is 6.36 Å². The normalized spacial score (nSPS) is 21.1. The Bertz CT molecular complexity index is 753. The second-order valence-electron chi connectivity index (χ2n) is 6.72. The van der Waals surface area contributed by atoms with Gasteiger partial charge in [0, 0.05) is 6.54 Å². The molecule has 0 aromatic heterocycles. The maximum atomic E-state index is 12.6. The molecule has 1 heterocycles. The lowest BCUT2D eigenvalue weighted by atomic mass is 9.81. The highest BCUT2D eigenvalue weighted by Crippen LogP contribution is 2.39. The zero-order valence-corrected chi connectivity index (χ0v) is 15.1. The fraction of sp³-hybridized carbons (Fsp3) is 0.400. The summed E-state index contributed by atoms with van der Waals surface area (Å²) in [6, 6.07) is 14.1. The van der Waals surface area contributed by atoms with Crippen molar-refractivity contribution >= 4 is 0 Å². The maximum absolute atomic E-state index is 12.6. The lowest BCUT2D eigenvalue weighted by Gasteiger charge is -2.39. The molecule has 27 heavy (non-hydrogen) atoms. The first-order valence-electron chi connectivity index (χ1n) is 8.86. The molecule has 0 saturated carbocycles. The quantitative estimate of drug-likeness (QED) is 0.778. The largest absolute Gasteiger partial charge is 0.573 e. The standard InChI is InChI=1S/C20H23F3N2O2/c1-26-18-10-9-17(27-20(21,22)23)13-16(18)12-15-8-5-11-25(24)19(15)14-6-3-2-4-7-14/h2-4,6-7,9-10,13,15,19H,5,8,11-12,24H2,1H3/t15-,19?/m0/s1. The molecular weight excluding hydrogens is 357 g/mol. The molecule has 1 unspecified atom stereocenters. The molecule has 1 saturated heterocycles. The summed E-state index contributed by atoms with van der Waals surface area (Å²) < 4.78 is 47.1. The zero-order valence-electron chi connectivity index (χ0n) is 15.1. The number of hydrogen-bond donors (Lipinski definition) is 1. The number of ether oxygens (including phenoxy) is 2. The van der Waals surface area contributed by atoms with Gasteiger partial charge in [-0.25, -0.2) is 5.01 Å². The number of alkyl halides is 3. The fourth-order valence-corrected chi connectivity index (χ4v) is 3.83. The van der Waals surface area contributed by atoms with Crippen molar-refractivity contribution in [3.8, 4) is 11.5 Å². The Morgan fingerprint density at radius 1 is 1.15 bits per heavy atom. The number of piperidine rings is 1. The van der Waals surface area contributed by atoms with Crippen LogP contribution in [0.4, 0.5) is 13.2 Å². The van der Waals surface area contributed by atoms with Crippen LogP contribution in [-0.2, 0) is 6.42 Å². The van der Waals surface area contributed by atoms with E-state index in [1.807, 2.05) is 35.3 Å². The minimum atomic E-state index is -4.72. The number of halogens is 3. The fourth-order valence-electron chi connectivity index (χ4n) is 3.83. The highest BCUT2D eigenvalue weighted by Gasteiger charge is 2.33. The minimum absolute atomic E-state index is 0.00292. The van der Waals surface area contributed by atoms with Crippen LogP contribution in [0.1, 0.15) is 30.0 Å². The number of rotatable bonds is 5. The average molecular weight is 380 g/mol. The highest BCUT2D eigenvalue weighted by atomic mass is 19.4. The van der Waals surface area contributed by atoms with E-state index in [0.717, 1.165) is 24.9 Å². The van der Waals surface area contributed by atoms with Crippen LogP contribution in [0.2, 0.25) is 0 Å². The van der Waals surface area contributed by atoms with Crippen molar-refractivity contribution in [2.45, 2.75) is 31.7 Å². The summed E-state index contributed by atoms with van der Waals surface area (Å²) in [5.41, 5.74) is 1.78. The van der Waals surface area contributed by atoms with Gasteiger partial charge in [-0.2, -0.15) is 0 Å². The van der Waals surface area contributed by atoms with Crippen molar-refractivity contribution < 1.29 is 22.6 Å². The molecule has 0 amide bonds. The molecule has 2 atom stereocenters. The molecule has 3 rings (SSSR count). The topological polar surface area (TPSA) is 47.7 Å². The van der Waals surface area contributed by atoms with Gasteiger partial charge >= 0.3 is 6.36 Å². The predicted octanol–water partition coefficient (Wildman–Crippen LogP) is 4.46. The summed E-state index contributed by atoms with van der Waals surface area (Å²) in [6.45, 7) is 0.782. The van der Waals surface area contributed by atoms with Gasteiger partial charge in [-0.05, 0) is 54.5 Å². The van der Waals surface area contributed by atoms with E-state index in [9.17, 15) is 13.2 Å². The Balaban J connectivity index is 1.88. The van der Waals surface area contributed by atoms with Crippen molar-refractivity contribution in [1.29, 1.82) is 0 Å². The van der Waals surface area contributed by atoms with E-state index in [2.05, 4.69) is 4.74 Å². The van der Waals surface area contributed by atoms with Crippen LogP contribution in [0.25, 0.3) is 0 Å². The molecule has 2 aromatic carbocycles. The second-order valence-corrected chi connectivity index (χ2v) is 6.72. The van der Waals surface area contributed by atoms with Gasteiger partial charge in [0.25, 0.3) is 0 Å². The van der Waals surface area contributed by atoms with Gasteiger partial charge in [0.05, 0.1) is 13.2 Å².